The number of rotatable bonds is 9. The van der Waals surface area contributed by atoms with Crippen molar-refractivity contribution in [3.63, 3.8) is 0 Å². The summed E-state index contributed by atoms with van der Waals surface area (Å²) in [4.78, 5) is 24.7. The predicted molar refractivity (Wildman–Crippen MR) is 106 cm³/mol. The standard InChI is InChI=1S/C21H39N3O2/c1-2-3-9-19(15-22)24-21(26)17-10-12-18(13-11-17)23-20(25)14-16-7-5-4-6-8-16/h16-19H,2-15,22H2,1H3,(H,23,25)(H,24,26). The number of carbonyl (C=O) groups excluding carboxylic acids is 2. The van der Waals surface area contributed by atoms with E-state index in [0.717, 1.165) is 44.9 Å². The largest absolute Gasteiger partial charge is 0.353 e. The van der Waals surface area contributed by atoms with Crippen LogP contribution in [-0.2, 0) is 9.59 Å². The van der Waals surface area contributed by atoms with E-state index in [4.69, 9.17) is 5.73 Å². The first kappa shape index (κ1) is 21.2. The average Bonchev–Trinajstić information content (AvgIpc) is 2.66. The highest BCUT2D eigenvalue weighted by atomic mass is 16.2. The van der Waals surface area contributed by atoms with Gasteiger partial charge in [-0.25, -0.2) is 0 Å². The molecule has 0 aromatic heterocycles. The van der Waals surface area contributed by atoms with Gasteiger partial charge in [0, 0.05) is 31.0 Å². The Labute approximate surface area is 159 Å². The van der Waals surface area contributed by atoms with E-state index in [1.807, 2.05) is 0 Å². The van der Waals surface area contributed by atoms with E-state index < -0.39 is 0 Å². The van der Waals surface area contributed by atoms with Gasteiger partial charge in [-0.15, -0.1) is 0 Å². The molecule has 2 amide bonds. The molecular formula is C21H39N3O2. The molecule has 4 N–H and O–H groups in total. The van der Waals surface area contributed by atoms with Crippen LogP contribution in [0.15, 0.2) is 0 Å². The molecule has 2 rings (SSSR count). The maximum atomic E-state index is 12.5. The van der Waals surface area contributed by atoms with Crippen LogP contribution in [-0.4, -0.2) is 30.4 Å². The molecule has 0 heterocycles. The van der Waals surface area contributed by atoms with Gasteiger partial charge in [0.05, 0.1) is 0 Å². The molecule has 2 aliphatic rings. The van der Waals surface area contributed by atoms with E-state index in [9.17, 15) is 9.59 Å². The number of carbonyl (C=O) groups is 2. The summed E-state index contributed by atoms with van der Waals surface area (Å²) in [5.74, 6) is 1.04. The first-order chi connectivity index (χ1) is 12.6. The summed E-state index contributed by atoms with van der Waals surface area (Å²) < 4.78 is 0. The summed E-state index contributed by atoms with van der Waals surface area (Å²) in [5, 5.41) is 6.34. The summed E-state index contributed by atoms with van der Waals surface area (Å²) >= 11 is 0. The minimum atomic E-state index is 0.0807. The molecule has 2 saturated carbocycles. The fraction of sp³-hybridized carbons (Fsp3) is 0.905. The zero-order chi connectivity index (χ0) is 18.8. The predicted octanol–water partition coefficient (Wildman–Crippen LogP) is 3.27. The fourth-order valence-electron chi connectivity index (χ4n) is 4.46. The van der Waals surface area contributed by atoms with Crippen molar-refractivity contribution in [3.8, 4) is 0 Å². The quantitative estimate of drug-likeness (QED) is 0.586. The Balaban J connectivity index is 1.65. The van der Waals surface area contributed by atoms with Crippen LogP contribution in [0.4, 0.5) is 0 Å². The second-order valence-corrected chi connectivity index (χ2v) is 8.41. The van der Waals surface area contributed by atoms with Crippen LogP contribution in [0.5, 0.6) is 0 Å². The zero-order valence-corrected chi connectivity index (χ0v) is 16.6. The number of hydrogen-bond acceptors (Lipinski definition) is 3. The van der Waals surface area contributed by atoms with Crippen LogP contribution in [0.2, 0.25) is 0 Å². The number of amides is 2. The summed E-state index contributed by atoms with van der Waals surface area (Å²) in [5.41, 5.74) is 5.78. The minimum Gasteiger partial charge on any atom is -0.353 e. The molecule has 26 heavy (non-hydrogen) atoms. The molecule has 0 radical (unpaired) electrons. The summed E-state index contributed by atoms with van der Waals surface area (Å²) in [6.45, 7) is 2.66. The van der Waals surface area contributed by atoms with Gasteiger partial charge in [0.2, 0.25) is 11.8 Å². The van der Waals surface area contributed by atoms with Crippen molar-refractivity contribution in [1.82, 2.24) is 10.6 Å². The molecule has 1 atom stereocenters. The third-order valence-corrected chi connectivity index (χ3v) is 6.20. The Morgan fingerprint density at radius 3 is 2.35 bits per heavy atom. The molecule has 5 heteroatoms. The maximum Gasteiger partial charge on any atom is 0.223 e. The lowest BCUT2D eigenvalue weighted by molar-refractivity contribution is -0.127. The normalized spacial score (nSPS) is 25.5. The first-order valence-corrected chi connectivity index (χ1v) is 10.9. The average molecular weight is 366 g/mol. The Kier molecular flexibility index (Phi) is 9.44. The smallest absolute Gasteiger partial charge is 0.223 e. The van der Waals surface area contributed by atoms with E-state index in [2.05, 4.69) is 17.6 Å². The molecule has 0 aromatic rings. The lowest BCUT2D eigenvalue weighted by atomic mass is 9.84. The van der Waals surface area contributed by atoms with Crippen molar-refractivity contribution in [2.75, 3.05) is 6.54 Å². The highest BCUT2D eigenvalue weighted by Crippen LogP contribution is 2.27. The Morgan fingerprint density at radius 1 is 1.04 bits per heavy atom. The molecule has 2 fully saturated rings. The van der Waals surface area contributed by atoms with Crippen molar-refractivity contribution in [3.05, 3.63) is 0 Å². The summed E-state index contributed by atoms with van der Waals surface area (Å²) in [6.07, 6.45) is 13.7. The Bertz CT molecular complexity index is 427. The third-order valence-electron chi connectivity index (χ3n) is 6.20. The van der Waals surface area contributed by atoms with Gasteiger partial charge in [0.25, 0.3) is 0 Å². The van der Waals surface area contributed by atoms with Gasteiger partial charge >= 0.3 is 0 Å². The van der Waals surface area contributed by atoms with Gasteiger partial charge in [-0.3, -0.25) is 9.59 Å². The van der Waals surface area contributed by atoms with Crippen LogP contribution in [0.1, 0.15) is 90.4 Å². The van der Waals surface area contributed by atoms with Crippen molar-refractivity contribution >= 4 is 11.8 Å². The van der Waals surface area contributed by atoms with Crippen molar-refractivity contribution in [1.29, 1.82) is 0 Å². The van der Waals surface area contributed by atoms with Gasteiger partial charge in [-0.05, 0) is 50.9 Å². The first-order valence-electron chi connectivity index (χ1n) is 10.9. The molecule has 0 bridgehead atoms. The van der Waals surface area contributed by atoms with E-state index >= 15 is 0 Å². The molecule has 1 unspecified atom stereocenters. The van der Waals surface area contributed by atoms with Gasteiger partial charge in [0.1, 0.15) is 0 Å². The SMILES string of the molecule is CCCCC(CN)NC(=O)C1CCC(NC(=O)CC2CCCCC2)CC1. The highest BCUT2D eigenvalue weighted by molar-refractivity contribution is 5.79. The van der Waals surface area contributed by atoms with Crippen LogP contribution in [0.3, 0.4) is 0 Å². The van der Waals surface area contributed by atoms with E-state index in [1.54, 1.807) is 0 Å². The van der Waals surface area contributed by atoms with Crippen LogP contribution in [0, 0.1) is 11.8 Å². The molecule has 2 aliphatic carbocycles. The highest BCUT2D eigenvalue weighted by Gasteiger charge is 2.28. The van der Waals surface area contributed by atoms with Crippen LogP contribution < -0.4 is 16.4 Å². The molecule has 0 spiro atoms. The van der Waals surface area contributed by atoms with Crippen molar-refractivity contribution in [2.45, 2.75) is 102 Å². The van der Waals surface area contributed by atoms with E-state index in [1.165, 1.54) is 32.1 Å². The van der Waals surface area contributed by atoms with Gasteiger partial charge in [-0.2, -0.15) is 0 Å². The zero-order valence-electron chi connectivity index (χ0n) is 16.6. The van der Waals surface area contributed by atoms with E-state index in [-0.39, 0.29) is 29.8 Å². The number of hydrogen-bond donors (Lipinski definition) is 3. The lowest BCUT2D eigenvalue weighted by Gasteiger charge is -2.30. The molecule has 0 aliphatic heterocycles. The topological polar surface area (TPSA) is 84.2 Å². The van der Waals surface area contributed by atoms with Crippen molar-refractivity contribution in [2.24, 2.45) is 17.6 Å². The summed E-state index contributed by atoms with van der Waals surface area (Å²) in [6, 6.07) is 0.357. The second kappa shape index (κ2) is 11.6. The van der Waals surface area contributed by atoms with Gasteiger partial charge in [-0.1, -0.05) is 39.0 Å². The van der Waals surface area contributed by atoms with E-state index in [0.29, 0.717) is 18.9 Å². The Hall–Kier alpha value is -1.10. The molecular weight excluding hydrogens is 326 g/mol. The van der Waals surface area contributed by atoms with Crippen LogP contribution in [0.25, 0.3) is 0 Å². The van der Waals surface area contributed by atoms with Crippen molar-refractivity contribution < 1.29 is 9.59 Å². The van der Waals surface area contributed by atoms with Crippen LogP contribution >= 0.6 is 0 Å². The summed E-state index contributed by atoms with van der Waals surface area (Å²) in [7, 11) is 0. The maximum absolute atomic E-state index is 12.5. The second-order valence-electron chi connectivity index (χ2n) is 8.41. The van der Waals surface area contributed by atoms with Gasteiger partial charge in [0.15, 0.2) is 0 Å². The molecule has 150 valence electrons. The lowest BCUT2D eigenvalue weighted by Crippen LogP contribution is -2.45. The fourth-order valence-corrected chi connectivity index (χ4v) is 4.46. The number of nitrogens with two attached hydrogens (primary N) is 1. The number of nitrogens with one attached hydrogen (secondary N) is 2. The molecule has 0 aromatic carbocycles. The minimum absolute atomic E-state index is 0.0807. The van der Waals surface area contributed by atoms with Gasteiger partial charge < -0.3 is 16.4 Å². The Morgan fingerprint density at radius 2 is 1.73 bits per heavy atom. The monoisotopic (exact) mass is 365 g/mol. The molecule has 0 saturated heterocycles. The number of unbranched alkanes of at least 4 members (excludes halogenated alkanes) is 1. The third kappa shape index (κ3) is 7.26. The molecule has 5 nitrogen and oxygen atoms in total.